The normalized spacial score (nSPS) is 22.4. The second-order valence-corrected chi connectivity index (χ2v) is 21.1. The van der Waals surface area contributed by atoms with Crippen LogP contribution in [0.25, 0.3) is 11.4 Å². The van der Waals surface area contributed by atoms with Gasteiger partial charge in [-0.2, -0.15) is 9.10 Å². The number of nitrogens with zero attached hydrogens (tertiary/aromatic N) is 7. The molecule has 1 aromatic heterocycles. The predicted octanol–water partition coefficient (Wildman–Crippen LogP) is 4.17. The van der Waals surface area contributed by atoms with Crippen LogP contribution in [-0.4, -0.2) is 141 Å². The third-order valence-electron chi connectivity index (χ3n) is 11.8. The van der Waals surface area contributed by atoms with Crippen LogP contribution in [0.2, 0.25) is 0 Å². The average Bonchev–Trinajstić information content (AvgIpc) is 3.96. The third-order valence-corrected chi connectivity index (χ3v) is 15.4. The number of piperidine rings is 1. The van der Waals surface area contributed by atoms with Crippen molar-refractivity contribution in [3.05, 3.63) is 90.6 Å². The van der Waals surface area contributed by atoms with E-state index in [1.165, 1.54) is 37.1 Å². The van der Waals surface area contributed by atoms with Gasteiger partial charge >= 0.3 is 6.09 Å². The first kappa shape index (κ1) is 48.4. The van der Waals surface area contributed by atoms with Crippen molar-refractivity contribution in [1.29, 1.82) is 0 Å². The summed E-state index contributed by atoms with van der Waals surface area (Å²) in [6.07, 6.45) is 14.6. The van der Waals surface area contributed by atoms with Crippen LogP contribution in [0.15, 0.2) is 94.8 Å². The Kier molecular flexibility index (Phi) is 14.2. The smallest absolute Gasteiger partial charge is 0.410 e. The van der Waals surface area contributed by atoms with Gasteiger partial charge in [0.2, 0.25) is 31.7 Å². The number of methoxy groups -OCH3 is 3. The van der Waals surface area contributed by atoms with Crippen molar-refractivity contribution in [3.63, 3.8) is 0 Å². The molecule has 3 atom stereocenters. The molecule has 2 aliphatic carbocycles. The number of aromatic nitrogens is 4. The number of sulfonamides is 2. The lowest BCUT2D eigenvalue weighted by molar-refractivity contribution is -0.137. The Balaban J connectivity index is 1.44. The molecule has 3 heterocycles. The zero-order valence-electron chi connectivity index (χ0n) is 37.9. The first-order valence-electron chi connectivity index (χ1n) is 21.5. The van der Waals surface area contributed by atoms with E-state index in [4.69, 9.17) is 18.9 Å². The molecule has 2 saturated heterocycles. The van der Waals surface area contributed by atoms with Crippen LogP contribution < -0.4 is 14.4 Å². The molecule has 354 valence electrons. The maximum absolute atomic E-state index is 16.2. The Morgan fingerprint density at radius 3 is 2.12 bits per heavy atom. The van der Waals surface area contributed by atoms with Gasteiger partial charge in [-0.1, -0.05) is 60.7 Å². The van der Waals surface area contributed by atoms with Gasteiger partial charge in [0, 0.05) is 59.4 Å². The summed E-state index contributed by atoms with van der Waals surface area (Å²) in [5.41, 5.74) is -3.00. The second kappa shape index (κ2) is 19.3. The number of hydrogen-bond donors (Lipinski definition) is 1. The van der Waals surface area contributed by atoms with Crippen molar-refractivity contribution >= 4 is 43.5 Å². The molecule has 0 bridgehead atoms. The molecule has 2 unspecified atom stereocenters. The van der Waals surface area contributed by atoms with Crippen LogP contribution in [0.4, 0.5) is 10.5 Å². The quantitative estimate of drug-likeness (QED) is 0.199. The molecule has 21 heteroatoms. The molecule has 1 N–H and O–H groups in total. The number of carbonyl (C=O) groups excluding carboxylic acids is 3. The maximum Gasteiger partial charge on any atom is 0.410 e. The molecule has 2 amide bonds. The summed E-state index contributed by atoms with van der Waals surface area (Å²) in [4.78, 5) is 42.1. The molecule has 2 aromatic carbocycles. The van der Waals surface area contributed by atoms with Crippen molar-refractivity contribution in [3.8, 4) is 17.1 Å². The number of hydrogen-bond acceptors (Lipinski definition) is 14. The highest BCUT2D eigenvalue weighted by molar-refractivity contribution is 7.92. The minimum Gasteiger partial charge on any atom is -0.497 e. The molecule has 4 aliphatic rings. The zero-order valence-corrected chi connectivity index (χ0v) is 39.5. The summed E-state index contributed by atoms with van der Waals surface area (Å²) in [5.74, 6) is -1.34. The van der Waals surface area contributed by atoms with E-state index < -0.39 is 70.5 Å². The molecule has 2 aliphatic heterocycles. The number of ether oxygens (including phenoxy) is 4. The minimum absolute atomic E-state index is 0.00150. The fourth-order valence-corrected chi connectivity index (χ4v) is 12.1. The average molecular weight is 949 g/mol. The molecule has 2 fully saturated rings. The van der Waals surface area contributed by atoms with Gasteiger partial charge < -0.3 is 28.7 Å². The monoisotopic (exact) mass is 948 g/mol. The SMILES string of the molecule is COc1ccc(Cn2nnc(-c3c(N4CCCC(=O)C4=O)ccc(S(=O)(=O)N[C@@H]4CCN(C(=O)OC(C)(C)C)C4)c3S(=O)(=O)N(CC3(OC)C=CC=CC3)CC3(OC)C=CC=CC3)n2)cc1. The maximum atomic E-state index is 16.2. The summed E-state index contributed by atoms with van der Waals surface area (Å²) < 4.78 is 89.3. The summed E-state index contributed by atoms with van der Waals surface area (Å²) in [6, 6.07) is 8.59. The van der Waals surface area contributed by atoms with Crippen LogP contribution in [0.1, 0.15) is 58.4 Å². The number of nitrogens with one attached hydrogen (secondary N) is 1. The Morgan fingerprint density at radius 2 is 1.55 bits per heavy atom. The standard InChI is InChI=1S/C45H56N8O11S2/c1-43(2,3)64-42(56)50-27-21-33(29-50)48-65(57,58)37-20-19-35(52-26-13-14-36(54)41(52)55)38(40-46-49-53(47-40)28-32-15-17-34(61-4)18-16-32)39(37)66(59,60)51(30-44(62-5)22-9-7-10-23-44)31-45(63-6)24-11-8-12-25-45/h7-12,15-20,22,24,33,48H,13-14,21,23,25-31H2,1-6H3/t33-,44?,45?/m1/s1. The highest BCUT2D eigenvalue weighted by atomic mass is 32.2. The van der Waals surface area contributed by atoms with E-state index in [1.54, 1.807) is 69.3 Å². The minimum atomic E-state index is -5.12. The fraction of sp³-hybridized carbons (Fsp3) is 0.467. The van der Waals surface area contributed by atoms with E-state index in [9.17, 15) is 14.4 Å². The second-order valence-electron chi connectivity index (χ2n) is 17.6. The van der Waals surface area contributed by atoms with Crippen LogP contribution in [0.5, 0.6) is 5.75 Å². The Bertz CT molecular complexity index is 2640. The number of Topliss-reactive ketones (excluding diaryl/α,β-unsaturated/α-hetero) is 1. The molecule has 0 spiro atoms. The Morgan fingerprint density at radius 1 is 0.894 bits per heavy atom. The number of benzene rings is 2. The molecule has 7 rings (SSSR count). The molecule has 0 saturated carbocycles. The van der Waals surface area contributed by atoms with Crippen molar-refractivity contribution in [1.82, 2.24) is 34.1 Å². The van der Waals surface area contributed by atoms with Gasteiger partial charge in [0.05, 0.1) is 24.9 Å². The van der Waals surface area contributed by atoms with Gasteiger partial charge in [0.15, 0.2) is 0 Å². The van der Waals surface area contributed by atoms with Crippen molar-refractivity contribution in [2.45, 2.75) is 92.1 Å². The molecular formula is C45H56N8O11S2. The molecule has 0 radical (unpaired) electrons. The van der Waals surface area contributed by atoms with Crippen molar-refractivity contribution < 1.29 is 50.2 Å². The van der Waals surface area contributed by atoms with Gasteiger partial charge in [-0.15, -0.1) is 10.2 Å². The van der Waals surface area contributed by atoms with Crippen LogP contribution >= 0.6 is 0 Å². The summed E-state index contributed by atoms with van der Waals surface area (Å²) in [6.45, 7) is 4.68. The topological polar surface area (TPSA) is 222 Å². The van der Waals surface area contributed by atoms with Crippen molar-refractivity contribution in [2.24, 2.45) is 0 Å². The number of rotatable bonds is 16. The summed E-state index contributed by atoms with van der Waals surface area (Å²) in [5, 5.41) is 13.2. The van der Waals surface area contributed by atoms with Crippen LogP contribution in [-0.2, 0) is 50.4 Å². The highest BCUT2D eigenvalue weighted by Crippen LogP contribution is 2.43. The largest absolute Gasteiger partial charge is 0.497 e. The number of ketones is 1. The van der Waals surface area contributed by atoms with Gasteiger partial charge in [-0.3, -0.25) is 9.59 Å². The van der Waals surface area contributed by atoms with Gasteiger partial charge in [-0.25, -0.2) is 26.4 Å². The van der Waals surface area contributed by atoms with Crippen LogP contribution in [0.3, 0.4) is 0 Å². The summed E-state index contributed by atoms with van der Waals surface area (Å²) in [7, 11) is -5.50. The number of allylic oxidation sites excluding steroid dienone is 4. The molecule has 19 nitrogen and oxygen atoms in total. The van der Waals surface area contributed by atoms with E-state index in [0.29, 0.717) is 5.75 Å². The highest BCUT2D eigenvalue weighted by Gasteiger charge is 2.46. The number of likely N-dealkylation sites (tertiary alicyclic amines) is 1. The van der Waals surface area contributed by atoms with E-state index in [0.717, 1.165) is 20.8 Å². The number of anilines is 1. The number of tetrazole rings is 1. The fourth-order valence-electron chi connectivity index (χ4n) is 8.29. The lowest BCUT2D eigenvalue weighted by Gasteiger charge is -2.40. The molecule has 66 heavy (non-hydrogen) atoms. The van der Waals surface area contributed by atoms with Gasteiger partial charge in [0.1, 0.15) is 32.3 Å². The Labute approximate surface area is 385 Å². The first-order valence-corrected chi connectivity index (χ1v) is 24.5. The third kappa shape index (κ3) is 10.5. The molecule has 3 aromatic rings. The van der Waals surface area contributed by atoms with Crippen LogP contribution in [0, 0.1) is 0 Å². The zero-order chi connectivity index (χ0) is 47.5. The lowest BCUT2D eigenvalue weighted by atomic mass is 9.92. The number of carbonyl (C=O) groups is 3. The Hall–Kier alpha value is -5.58. The summed E-state index contributed by atoms with van der Waals surface area (Å²) >= 11 is 0. The van der Waals surface area contributed by atoms with Crippen molar-refractivity contribution in [2.75, 3.05) is 59.0 Å². The number of amides is 2. The first-order chi connectivity index (χ1) is 31.3. The van der Waals surface area contributed by atoms with Gasteiger partial charge in [0.25, 0.3) is 5.91 Å². The van der Waals surface area contributed by atoms with E-state index >= 15 is 16.8 Å². The molecular weight excluding hydrogens is 893 g/mol. The van der Waals surface area contributed by atoms with Gasteiger partial charge in [-0.05, 0) is 81.5 Å². The van der Waals surface area contributed by atoms with E-state index in [2.05, 4.69) is 20.1 Å². The van der Waals surface area contributed by atoms with E-state index in [-0.39, 0.29) is 88.4 Å². The lowest BCUT2D eigenvalue weighted by Crippen LogP contribution is -2.52. The van der Waals surface area contributed by atoms with E-state index in [1.807, 2.05) is 24.3 Å². The predicted molar refractivity (Wildman–Crippen MR) is 243 cm³/mol.